The Hall–Kier alpha value is -4.28. The summed E-state index contributed by atoms with van der Waals surface area (Å²) in [7, 11) is -4.26. The van der Waals surface area contributed by atoms with Crippen LogP contribution in [-0.4, -0.2) is 57.1 Å². The van der Waals surface area contributed by atoms with Gasteiger partial charge in [0.1, 0.15) is 18.3 Å². The van der Waals surface area contributed by atoms with E-state index in [1.54, 1.807) is 48.5 Å². The van der Waals surface area contributed by atoms with E-state index in [1.807, 2.05) is 81.6 Å². The number of thioether (sulfide) groups is 1. The fourth-order valence-electron chi connectivity index (χ4n) is 5.36. The molecular formula is C38H45N3O5S2. The van der Waals surface area contributed by atoms with Crippen LogP contribution in [0.25, 0.3) is 0 Å². The Morgan fingerprint density at radius 2 is 1.54 bits per heavy atom. The Morgan fingerprint density at radius 1 is 0.875 bits per heavy atom. The van der Waals surface area contributed by atoms with Gasteiger partial charge in [-0.15, -0.1) is 11.8 Å². The smallest absolute Gasteiger partial charge is 0.264 e. The van der Waals surface area contributed by atoms with E-state index in [0.717, 1.165) is 38.7 Å². The van der Waals surface area contributed by atoms with E-state index in [1.165, 1.54) is 16.7 Å². The molecule has 4 rings (SSSR count). The van der Waals surface area contributed by atoms with E-state index >= 15 is 0 Å². The van der Waals surface area contributed by atoms with Crippen LogP contribution in [0.15, 0.2) is 113 Å². The average Bonchev–Trinajstić information content (AvgIpc) is 3.10. The number of nitrogens with zero attached hydrogens (tertiary/aromatic N) is 2. The van der Waals surface area contributed by atoms with Crippen molar-refractivity contribution in [1.82, 2.24) is 10.2 Å². The van der Waals surface area contributed by atoms with Gasteiger partial charge >= 0.3 is 0 Å². The summed E-state index contributed by atoms with van der Waals surface area (Å²) < 4.78 is 35.8. The summed E-state index contributed by atoms with van der Waals surface area (Å²) in [5, 5.41) is 3.03. The highest BCUT2D eigenvalue weighted by Gasteiger charge is 2.35. The number of unbranched alkanes of at least 4 members (excludes halogenated alkanes) is 1. The van der Waals surface area contributed by atoms with Gasteiger partial charge in [0.15, 0.2) is 0 Å². The highest BCUT2D eigenvalue weighted by atomic mass is 32.2. The number of carbonyl (C=O) groups excluding carboxylic acids is 2. The lowest BCUT2D eigenvalue weighted by atomic mass is 10.0. The third-order valence-corrected chi connectivity index (χ3v) is 10.6. The second kappa shape index (κ2) is 17.8. The van der Waals surface area contributed by atoms with Gasteiger partial charge in [-0.25, -0.2) is 8.42 Å². The zero-order valence-corrected chi connectivity index (χ0v) is 29.7. The van der Waals surface area contributed by atoms with Gasteiger partial charge in [-0.3, -0.25) is 13.9 Å². The molecule has 0 aliphatic heterocycles. The fraction of sp³-hybridized carbons (Fsp3) is 0.316. The van der Waals surface area contributed by atoms with Crippen LogP contribution in [0, 0.1) is 6.92 Å². The van der Waals surface area contributed by atoms with Gasteiger partial charge in [0.2, 0.25) is 11.8 Å². The van der Waals surface area contributed by atoms with Gasteiger partial charge in [-0.1, -0.05) is 80.1 Å². The number of rotatable bonds is 17. The summed E-state index contributed by atoms with van der Waals surface area (Å²) in [5.41, 5.74) is 2.95. The summed E-state index contributed by atoms with van der Waals surface area (Å²) in [5.74, 6) is -0.466. The highest BCUT2D eigenvalue weighted by molar-refractivity contribution is 7.98. The van der Waals surface area contributed by atoms with E-state index in [0.29, 0.717) is 18.9 Å². The van der Waals surface area contributed by atoms with Gasteiger partial charge in [-0.2, -0.15) is 0 Å². The predicted octanol–water partition coefficient (Wildman–Crippen LogP) is 6.87. The van der Waals surface area contributed by atoms with Crippen LogP contribution in [0.5, 0.6) is 5.75 Å². The van der Waals surface area contributed by atoms with Crippen molar-refractivity contribution in [3.05, 3.63) is 120 Å². The van der Waals surface area contributed by atoms with Crippen molar-refractivity contribution in [2.45, 2.75) is 62.4 Å². The molecule has 4 aromatic rings. The third kappa shape index (κ3) is 9.41. The molecule has 1 N–H and O–H groups in total. The lowest BCUT2D eigenvalue weighted by molar-refractivity contribution is -0.140. The molecule has 0 spiro atoms. The first-order valence-electron chi connectivity index (χ1n) is 16.2. The van der Waals surface area contributed by atoms with Crippen molar-refractivity contribution in [3.8, 4) is 5.75 Å². The number of benzene rings is 4. The van der Waals surface area contributed by atoms with Crippen LogP contribution in [-0.2, 0) is 32.6 Å². The SMILES string of the molecule is CCCCNC(=O)[C@@H](Cc1ccccc1)N(Cc1ccccc1C)C(=O)CN(c1ccccc1OCC)S(=O)(=O)c1ccc(SC)cc1. The topological polar surface area (TPSA) is 96.0 Å². The number of carbonyl (C=O) groups is 2. The first-order chi connectivity index (χ1) is 23.2. The summed E-state index contributed by atoms with van der Waals surface area (Å²) >= 11 is 1.50. The molecule has 0 aliphatic carbocycles. The molecule has 2 amide bonds. The van der Waals surface area contributed by atoms with E-state index in [9.17, 15) is 18.0 Å². The minimum atomic E-state index is -4.26. The Labute approximate surface area is 289 Å². The number of hydrogen-bond donors (Lipinski definition) is 1. The monoisotopic (exact) mass is 687 g/mol. The molecule has 0 aliphatic rings. The number of nitrogens with one attached hydrogen (secondary N) is 1. The van der Waals surface area contributed by atoms with Crippen LogP contribution < -0.4 is 14.4 Å². The summed E-state index contributed by atoms with van der Waals surface area (Å²) in [6.45, 7) is 6.17. The van der Waals surface area contributed by atoms with Gasteiger partial charge in [-0.05, 0) is 79.6 Å². The number of hydrogen-bond acceptors (Lipinski definition) is 6. The molecule has 0 unspecified atom stereocenters. The van der Waals surface area contributed by atoms with Crippen molar-refractivity contribution in [2.24, 2.45) is 0 Å². The Balaban J connectivity index is 1.83. The zero-order chi connectivity index (χ0) is 34.5. The van der Waals surface area contributed by atoms with Crippen molar-refractivity contribution < 1.29 is 22.7 Å². The van der Waals surface area contributed by atoms with Crippen molar-refractivity contribution >= 4 is 39.3 Å². The van der Waals surface area contributed by atoms with Crippen molar-refractivity contribution in [1.29, 1.82) is 0 Å². The number of ether oxygens (including phenoxy) is 1. The molecule has 254 valence electrons. The van der Waals surface area contributed by atoms with E-state index in [4.69, 9.17) is 4.74 Å². The molecule has 0 aromatic heterocycles. The molecule has 4 aromatic carbocycles. The van der Waals surface area contributed by atoms with Crippen LogP contribution in [0.3, 0.4) is 0 Å². The molecule has 1 atom stereocenters. The molecule has 0 radical (unpaired) electrons. The van der Waals surface area contributed by atoms with Gasteiger partial charge in [0.25, 0.3) is 10.0 Å². The first kappa shape index (κ1) is 36.6. The minimum absolute atomic E-state index is 0.0444. The number of amides is 2. The number of para-hydroxylation sites is 2. The second-order valence-corrected chi connectivity index (χ2v) is 14.1. The molecule has 0 heterocycles. The predicted molar refractivity (Wildman–Crippen MR) is 194 cm³/mol. The molecular weight excluding hydrogens is 643 g/mol. The van der Waals surface area contributed by atoms with E-state index in [-0.39, 0.29) is 29.5 Å². The normalized spacial score (nSPS) is 11.8. The molecule has 48 heavy (non-hydrogen) atoms. The Morgan fingerprint density at radius 3 is 2.21 bits per heavy atom. The largest absolute Gasteiger partial charge is 0.492 e. The lowest BCUT2D eigenvalue weighted by Crippen LogP contribution is -2.53. The van der Waals surface area contributed by atoms with Crippen LogP contribution in [0.4, 0.5) is 5.69 Å². The molecule has 0 saturated heterocycles. The summed E-state index contributed by atoms with van der Waals surface area (Å²) in [4.78, 5) is 31.2. The Kier molecular flexibility index (Phi) is 13.5. The van der Waals surface area contributed by atoms with Crippen LogP contribution in [0.2, 0.25) is 0 Å². The second-order valence-electron chi connectivity index (χ2n) is 11.4. The number of sulfonamides is 1. The maximum absolute atomic E-state index is 14.8. The lowest BCUT2D eigenvalue weighted by Gasteiger charge is -2.34. The molecule has 0 bridgehead atoms. The quantitative estimate of drug-likeness (QED) is 0.0962. The van der Waals surface area contributed by atoms with Gasteiger partial charge in [0, 0.05) is 24.4 Å². The van der Waals surface area contributed by atoms with Crippen molar-refractivity contribution in [3.63, 3.8) is 0 Å². The fourth-order valence-corrected chi connectivity index (χ4v) is 7.19. The maximum Gasteiger partial charge on any atom is 0.264 e. The standard InChI is InChI=1S/C38H45N3O5S2/c1-5-7-25-39-38(43)35(26-30-16-9-8-10-17-30)40(27-31-18-12-11-15-29(31)3)37(42)28-41(34-19-13-14-20-36(34)46-6-2)48(44,45)33-23-21-32(47-4)22-24-33/h8-24,35H,5-7,25-28H2,1-4H3,(H,39,43)/t35-/m1/s1. The zero-order valence-electron chi connectivity index (χ0n) is 28.1. The van der Waals surface area contributed by atoms with Gasteiger partial charge < -0.3 is 15.0 Å². The van der Waals surface area contributed by atoms with E-state index in [2.05, 4.69) is 5.32 Å². The molecule has 8 nitrogen and oxygen atoms in total. The van der Waals surface area contributed by atoms with Crippen LogP contribution in [0.1, 0.15) is 43.4 Å². The Bertz CT molecular complexity index is 1750. The summed E-state index contributed by atoms with van der Waals surface area (Å²) in [6.07, 6.45) is 3.87. The highest BCUT2D eigenvalue weighted by Crippen LogP contribution is 2.33. The maximum atomic E-state index is 14.8. The van der Waals surface area contributed by atoms with Crippen LogP contribution >= 0.6 is 11.8 Å². The number of anilines is 1. The molecule has 0 fully saturated rings. The average molecular weight is 688 g/mol. The first-order valence-corrected chi connectivity index (χ1v) is 18.9. The third-order valence-electron chi connectivity index (χ3n) is 8.06. The minimum Gasteiger partial charge on any atom is -0.492 e. The van der Waals surface area contributed by atoms with Gasteiger partial charge in [0.05, 0.1) is 17.2 Å². The van der Waals surface area contributed by atoms with E-state index < -0.39 is 28.5 Å². The molecule has 10 heteroatoms. The summed E-state index contributed by atoms with van der Waals surface area (Å²) in [6, 6.07) is 29.7. The number of aryl methyl sites for hydroxylation is 1. The molecule has 0 saturated carbocycles. The van der Waals surface area contributed by atoms with Crippen molar-refractivity contribution in [2.75, 3.05) is 30.3 Å².